The highest BCUT2D eigenvalue weighted by atomic mass is 16.5. The van der Waals surface area contributed by atoms with E-state index >= 15 is 0 Å². The number of Topliss-reactive ketones (excluding diaryl/α,β-unsaturated/α-hetero) is 1. The lowest BCUT2D eigenvalue weighted by Crippen LogP contribution is -2.74. The molecule has 4 aliphatic carbocycles. The van der Waals surface area contributed by atoms with Crippen LogP contribution in [-0.4, -0.2) is 73.9 Å². The predicted octanol–water partition coefficient (Wildman–Crippen LogP) is -0.159. The molecule has 0 aromatic heterocycles. The molecule has 0 spiro atoms. The lowest BCUT2D eigenvalue weighted by atomic mass is 9.40. The number of hydrogen-bond acceptors (Lipinski definition) is 8. The van der Waals surface area contributed by atoms with Crippen molar-refractivity contribution in [3.8, 4) is 0 Å². The Morgan fingerprint density at radius 3 is 2.52 bits per heavy atom. The zero-order chi connectivity index (χ0) is 22.4. The van der Waals surface area contributed by atoms with Crippen LogP contribution in [0.4, 0.5) is 0 Å². The summed E-state index contributed by atoms with van der Waals surface area (Å²) in [6.45, 7) is 1.50. The molecule has 4 saturated carbocycles. The Bertz CT molecular complexity index is 855. The minimum Gasteiger partial charge on any atom is -0.458 e. The highest BCUT2D eigenvalue weighted by Crippen LogP contribution is 2.70. The summed E-state index contributed by atoms with van der Waals surface area (Å²) < 4.78 is 5.10. The number of cyclic esters (lactones) is 1. The van der Waals surface area contributed by atoms with E-state index in [0.29, 0.717) is 19.3 Å². The molecular weight excluding hydrogens is 404 g/mol. The fourth-order valence-electron chi connectivity index (χ4n) is 8.46. The van der Waals surface area contributed by atoms with Crippen molar-refractivity contribution in [2.24, 2.45) is 28.6 Å². The van der Waals surface area contributed by atoms with Gasteiger partial charge in [-0.1, -0.05) is 6.92 Å². The van der Waals surface area contributed by atoms with Gasteiger partial charge in [0.25, 0.3) is 0 Å². The summed E-state index contributed by atoms with van der Waals surface area (Å²) in [6.07, 6.45) is 1.10. The first-order valence-corrected chi connectivity index (χ1v) is 11.3. The Hall–Kier alpha value is -1.32. The van der Waals surface area contributed by atoms with E-state index in [2.05, 4.69) is 0 Å². The van der Waals surface area contributed by atoms with Gasteiger partial charge in [-0.2, -0.15) is 0 Å². The zero-order valence-electron chi connectivity index (χ0n) is 17.8. The van der Waals surface area contributed by atoms with E-state index < -0.39 is 64.4 Å². The van der Waals surface area contributed by atoms with Crippen LogP contribution in [0.5, 0.6) is 0 Å². The van der Waals surface area contributed by atoms with Crippen molar-refractivity contribution in [3.63, 3.8) is 0 Å². The third-order valence-electron chi connectivity index (χ3n) is 9.81. The lowest BCUT2D eigenvalue weighted by molar-refractivity contribution is -0.279. The van der Waals surface area contributed by atoms with Gasteiger partial charge in [-0.3, -0.25) is 4.79 Å². The second-order valence-corrected chi connectivity index (χ2v) is 10.8. The number of fused-ring (bicyclic) bond motifs is 5. The SMILES string of the molecule is C[C@]12C[C@@H](O)[C@H]3[C@@H](CC[C@]4(O)C[C@@H](O)CC(=O)[C@]34CO)[C@@]1(O)CC[C@@H]2C1=CC(=O)OC1. The van der Waals surface area contributed by atoms with Gasteiger partial charge in [0.15, 0.2) is 0 Å². The number of esters is 1. The minimum atomic E-state index is -1.62. The normalized spacial score (nSPS) is 54.0. The molecule has 9 atom stereocenters. The van der Waals surface area contributed by atoms with Crippen LogP contribution in [0.25, 0.3) is 0 Å². The van der Waals surface area contributed by atoms with E-state index in [1.54, 1.807) is 0 Å². The molecule has 5 N–H and O–H groups in total. The van der Waals surface area contributed by atoms with Crippen LogP contribution in [0.2, 0.25) is 0 Å². The smallest absolute Gasteiger partial charge is 0.331 e. The molecule has 8 heteroatoms. The second kappa shape index (κ2) is 6.60. The van der Waals surface area contributed by atoms with Gasteiger partial charge in [0, 0.05) is 30.3 Å². The molecule has 0 unspecified atom stereocenters. The van der Waals surface area contributed by atoms with Gasteiger partial charge in [0.1, 0.15) is 12.4 Å². The number of hydrogen-bond donors (Lipinski definition) is 5. The van der Waals surface area contributed by atoms with Crippen LogP contribution in [0.3, 0.4) is 0 Å². The number of aliphatic hydroxyl groups excluding tert-OH is 3. The van der Waals surface area contributed by atoms with E-state index in [1.165, 1.54) is 6.08 Å². The minimum absolute atomic E-state index is 0.0279. The summed E-state index contributed by atoms with van der Waals surface area (Å²) in [5.74, 6) is -2.25. The van der Waals surface area contributed by atoms with Crippen LogP contribution in [-0.2, 0) is 14.3 Å². The molecule has 1 heterocycles. The molecular formula is C23H32O8. The maximum absolute atomic E-state index is 13.2. The predicted molar refractivity (Wildman–Crippen MR) is 106 cm³/mol. The third kappa shape index (κ3) is 2.48. The second-order valence-electron chi connectivity index (χ2n) is 10.8. The Kier molecular flexibility index (Phi) is 4.59. The van der Waals surface area contributed by atoms with Gasteiger partial charge in [0.2, 0.25) is 0 Å². The maximum Gasteiger partial charge on any atom is 0.331 e. The van der Waals surface area contributed by atoms with Crippen LogP contribution in [0.1, 0.15) is 51.9 Å². The molecule has 5 rings (SSSR count). The van der Waals surface area contributed by atoms with Gasteiger partial charge < -0.3 is 30.3 Å². The van der Waals surface area contributed by atoms with E-state index in [9.17, 15) is 35.1 Å². The summed E-state index contributed by atoms with van der Waals surface area (Å²) in [5, 5.41) is 55.6. The van der Waals surface area contributed by atoms with Crippen molar-refractivity contribution in [1.82, 2.24) is 0 Å². The Balaban J connectivity index is 1.59. The number of carbonyl (C=O) groups excluding carboxylic acids is 2. The van der Waals surface area contributed by atoms with E-state index in [1.807, 2.05) is 6.92 Å². The third-order valence-corrected chi connectivity index (χ3v) is 9.81. The van der Waals surface area contributed by atoms with Crippen molar-refractivity contribution < 1.29 is 39.9 Å². The van der Waals surface area contributed by atoms with Crippen molar-refractivity contribution in [3.05, 3.63) is 11.6 Å². The summed E-state index contributed by atoms with van der Waals surface area (Å²) >= 11 is 0. The largest absolute Gasteiger partial charge is 0.458 e. The number of carbonyl (C=O) groups is 2. The number of ether oxygens (including phenoxy) is 1. The number of ketones is 1. The summed E-state index contributed by atoms with van der Waals surface area (Å²) in [5.41, 5.74) is -4.33. The first-order valence-electron chi connectivity index (χ1n) is 11.3. The number of rotatable bonds is 2. The van der Waals surface area contributed by atoms with E-state index in [-0.39, 0.29) is 38.2 Å². The molecule has 0 amide bonds. The first-order chi connectivity index (χ1) is 14.5. The summed E-state index contributed by atoms with van der Waals surface area (Å²) in [6, 6.07) is 0. The Morgan fingerprint density at radius 2 is 1.87 bits per heavy atom. The summed E-state index contributed by atoms with van der Waals surface area (Å²) in [4.78, 5) is 24.9. The zero-order valence-corrected chi connectivity index (χ0v) is 17.8. The van der Waals surface area contributed by atoms with E-state index in [4.69, 9.17) is 4.74 Å². The molecule has 1 aliphatic heterocycles. The first kappa shape index (κ1) is 21.5. The number of aliphatic hydroxyl groups is 5. The molecule has 31 heavy (non-hydrogen) atoms. The molecule has 0 aromatic rings. The van der Waals surface area contributed by atoms with Gasteiger partial charge in [-0.05, 0) is 49.5 Å². The quantitative estimate of drug-likeness (QED) is 0.376. The molecule has 0 bridgehead atoms. The lowest BCUT2D eigenvalue weighted by Gasteiger charge is -2.66. The molecule has 8 nitrogen and oxygen atoms in total. The van der Waals surface area contributed by atoms with Gasteiger partial charge in [0.05, 0.1) is 35.4 Å². The highest BCUT2D eigenvalue weighted by molar-refractivity contribution is 5.88. The van der Waals surface area contributed by atoms with Crippen molar-refractivity contribution in [2.45, 2.75) is 75.3 Å². The van der Waals surface area contributed by atoms with Crippen LogP contribution < -0.4 is 0 Å². The van der Waals surface area contributed by atoms with Crippen molar-refractivity contribution in [2.75, 3.05) is 13.2 Å². The molecule has 5 aliphatic rings. The monoisotopic (exact) mass is 436 g/mol. The molecule has 0 radical (unpaired) electrons. The van der Waals surface area contributed by atoms with Gasteiger partial charge in [-0.25, -0.2) is 4.79 Å². The van der Waals surface area contributed by atoms with E-state index in [0.717, 1.165) is 5.57 Å². The maximum atomic E-state index is 13.2. The van der Waals surface area contributed by atoms with Crippen LogP contribution in [0.15, 0.2) is 11.6 Å². The fourth-order valence-corrected chi connectivity index (χ4v) is 8.46. The topological polar surface area (TPSA) is 145 Å². The molecule has 0 aromatic carbocycles. The highest BCUT2D eigenvalue weighted by Gasteiger charge is 2.75. The van der Waals surface area contributed by atoms with Crippen molar-refractivity contribution >= 4 is 11.8 Å². The van der Waals surface area contributed by atoms with Gasteiger partial charge in [-0.15, -0.1) is 0 Å². The average molecular weight is 437 g/mol. The van der Waals surface area contributed by atoms with Crippen LogP contribution in [0, 0.1) is 28.6 Å². The van der Waals surface area contributed by atoms with Crippen molar-refractivity contribution in [1.29, 1.82) is 0 Å². The standard InChI is InChI=1S/C23H32O8/c1-20-9-16(26)19-15(23(20,30)5-3-14(20)12-6-18(28)31-10-12)2-4-21(29)8-13(25)7-17(27)22(19,21)11-24/h6,13-16,19,24-26,29-30H,2-5,7-11H2,1H3/t13-,14+,15+,16+,19+,20+,21-,22+,23-/m0/s1. The molecule has 0 saturated heterocycles. The van der Waals surface area contributed by atoms with Crippen LogP contribution >= 0.6 is 0 Å². The molecule has 4 fully saturated rings. The Labute approximate surface area is 180 Å². The van der Waals surface area contributed by atoms with Gasteiger partial charge >= 0.3 is 5.97 Å². The Morgan fingerprint density at radius 1 is 1.13 bits per heavy atom. The molecule has 172 valence electrons. The average Bonchev–Trinajstić information content (AvgIpc) is 3.21. The summed E-state index contributed by atoms with van der Waals surface area (Å²) in [7, 11) is 0. The fraction of sp³-hybridized carbons (Fsp3) is 0.826.